The Morgan fingerprint density at radius 1 is 1.27 bits per heavy atom. The molecular formula is C11H16N4. The van der Waals surface area contributed by atoms with Gasteiger partial charge in [0.1, 0.15) is 6.33 Å². The molecule has 4 heteroatoms. The summed E-state index contributed by atoms with van der Waals surface area (Å²) >= 11 is 0. The molecule has 80 valence electrons. The van der Waals surface area contributed by atoms with E-state index in [1.165, 1.54) is 0 Å². The van der Waals surface area contributed by atoms with Crippen molar-refractivity contribution in [1.82, 2.24) is 19.7 Å². The minimum Gasteiger partial charge on any atom is -0.244 e. The summed E-state index contributed by atoms with van der Waals surface area (Å²) in [5.74, 6) is 0.668. The predicted octanol–water partition coefficient (Wildman–Crippen LogP) is 2.43. The first kappa shape index (κ1) is 10.1. The van der Waals surface area contributed by atoms with Gasteiger partial charge in [0.15, 0.2) is 5.65 Å². The first-order valence-electron chi connectivity index (χ1n) is 5.31. The summed E-state index contributed by atoms with van der Waals surface area (Å²) in [6, 6.07) is 0.386. The first-order chi connectivity index (χ1) is 7.18. The molecule has 2 heterocycles. The molecule has 0 aliphatic rings. The number of nitrogens with zero attached hydrogens (tertiary/aromatic N) is 4. The highest BCUT2D eigenvalue weighted by molar-refractivity contribution is 5.72. The largest absolute Gasteiger partial charge is 0.244 e. The van der Waals surface area contributed by atoms with Crippen molar-refractivity contribution >= 4 is 11.0 Å². The molecule has 2 aromatic heterocycles. The average molecular weight is 204 g/mol. The van der Waals surface area contributed by atoms with Crippen LogP contribution in [0.2, 0.25) is 0 Å². The zero-order valence-electron chi connectivity index (χ0n) is 9.38. The van der Waals surface area contributed by atoms with Crippen LogP contribution in [-0.4, -0.2) is 19.7 Å². The standard InChI is InChI=1S/C11H16N4/c1-8(2)4-9(3)15-11-10(6-14-15)5-12-7-13-11/h5-9H,4H2,1-3H3/t9-/m0/s1. The topological polar surface area (TPSA) is 43.6 Å². The van der Waals surface area contributed by atoms with Gasteiger partial charge in [-0.3, -0.25) is 0 Å². The minimum atomic E-state index is 0.386. The normalized spacial score (nSPS) is 13.6. The van der Waals surface area contributed by atoms with E-state index in [1.807, 2.05) is 10.9 Å². The SMILES string of the molecule is CC(C)C[C@H](C)n1ncc2cncnc21. The number of aromatic nitrogens is 4. The van der Waals surface area contributed by atoms with Crippen molar-refractivity contribution < 1.29 is 0 Å². The van der Waals surface area contributed by atoms with Crippen molar-refractivity contribution in [3.63, 3.8) is 0 Å². The fourth-order valence-electron chi connectivity index (χ4n) is 1.90. The van der Waals surface area contributed by atoms with Crippen molar-refractivity contribution in [2.75, 3.05) is 0 Å². The van der Waals surface area contributed by atoms with Crippen LogP contribution >= 0.6 is 0 Å². The molecule has 0 saturated heterocycles. The van der Waals surface area contributed by atoms with Crippen LogP contribution < -0.4 is 0 Å². The lowest BCUT2D eigenvalue weighted by Crippen LogP contribution is -2.10. The van der Waals surface area contributed by atoms with Gasteiger partial charge in [0.05, 0.1) is 17.6 Å². The van der Waals surface area contributed by atoms with E-state index in [4.69, 9.17) is 0 Å². The van der Waals surface area contributed by atoms with Crippen molar-refractivity contribution in [1.29, 1.82) is 0 Å². The maximum atomic E-state index is 4.36. The molecule has 1 atom stereocenters. The highest BCUT2D eigenvalue weighted by Gasteiger charge is 2.11. The molecule has 0 aliphatic heterocycles. The lowest BCUT2D eigenvalue weighted by Gasteiger charge is -2.14. The second kappa shape index (κ2) is 3.96. The maximum Gasteiger partial charge on any atom is 0.161 e. The van der Waals surface area contributed by atoms with E-state index in [0.29, 0.717) is 12.0 Å². The van der Waals surface area contributed by atoms with Crippen molar-refractivity contribution in [2.45, 2.75) is 33.2 Å². The van der Waals surface area contributed by atoms with Gasteiger partial charge in [-0.1, -0.05) is 13.8 Å². The smallest absolute Gasteiger partial charge is 0.161 e. The Balaban J connectivity index is 2.35. The third-order valence-corrected chi connectivity index (χ3v) is 2.49. The molecule has 0 fully saturated rings. The second-order valence-corrected chi connectivity index (χ2v) is 4.37. The maximum absolute atomic E-state index is 4.36. The zero-order valence-corrected chi connectivity index (χ0v) is 9.38. The van der Waals surface area contributed by atoms with Crippen LogP contribution in [0.15, 0.2) is 18.7 Å². The van der Waals surface area contributed by atoms with Crippen LogP contribution in [0.25, 0.3) is 11.0 Å². The van der Waals surface area contributed by atoms with Crippen LogP contribution in [-0.2, 0) is 0 Å². The van der Waals surface area contributed by atoms with Gasteiger partial charge < -0.3 is 0 Å². The molecule has 0 unspecified atom stereocenters. The Bertz CT molecular complexity index is 447. The number of fused-ring (bicyclic) bond motifs is 1. The summed E-state index contributed by atoms with van der Waals surface area (Å²) in [7, 11) is 0. The van der Waals surface area contributed by atoms with E-state index in [1.54, 1.807) is 12.5 Å². The Labute approximate surface area is 89.3 Å². The molecule has 0 radical (unpaired) electrons. The second-order valence-electron chi connectivity index (χ2n) is 4.37. The average Bonchev–Trinajstić information content (AvgIpc) is 2.59. The van der Waals surface area contributed by atoms with Gasteiger partial charge in [-0.2, -0.15) is 5.10 Å². The fraction of sp³-hybridized carbons (Fsp3) is 0.545. The van der Waals surface area contributed by atoms with Gasteiger partial charge in [0.25, 0.3) is 0 Å². The predicted molar refractivity (Wildman–Crippen MR) is 59.5 cm³/mol. The Kier molecular flexibility index (Phi) is 2.66. The Morgan fingerprint density at radius 2 is 2.07 bits per heavy atom. The molecule has 0 amide bonds. The summed E-state index contributed by atoms with van der Waals surface area (Å²) < 4.78 is 1.98. The lowest BCUT2D eigenvalue weighted by molar-refractivity contribution is 0.405. The Morgan fingerprint density at radius 3 is 2.80 bits per heavy atom. The van der Waals surface area contributed by atoms with E-state index >= 15 is 0 Å². The quantitative estimate of drug-likeness (QED) is 0.771. The molecule has 0 aromatic carbocycles. The molecule has 0 saturated carbocycles. The van der Waals surface area contributed by atoms with Gasteiger partial charge in [-0.05, 0) is 19.3 Å². The van der Waals surface area contributed by atoms with Crippen LogP contribution in [0.3, 0.4) is 0 Å². The molecule has 15 heavy (non-hydrogen) atoms. The minimum absolute atomic E-state index is 0.386. The Hall–Kier alpha value is -1.45. The van der Waals surface area contributed by atoms with Crippen LogP contribution in [0.1, 0.15) is 33.2 Å². The monoisotopic (exact) mass is 204 g/mol. The van der Waals surface area contributed by atoms with E-state index in [0.717, 1.165) is 17.5 Å². The van der Waals surface area contributed by atoms with Crippen LogP contribution in [0.5, 0.6) is 0 Å². The summed E-state index contributed by atoms with van der Waals surface area (Å²) in [5.41, 5.74) is 0.929. The summed E-state index contributed by atoms with van der Waals surface area (Å²) in [5, 5.41) is 5.37. The van der Waals surface area contributed by atoms with E-state index in [9.17, 15) is 0 Å². The molecular weight excluding hydrogens is 188 g/mol. The molecule has 4 nitrogen and oxygen atoms in total. The molecule has 0 N–H and O–H groups in total. The highest BCUT2D eigenvalue weighted by atomic mass is 15.3. The van der Waals surface area contributed by atoms with E-state index < -0.39 is 0 Å². The molecule has 2 aromatic rings. The molecule has 2 rings (SSSR count). The number of hydrogen-bond donors (Lipinski definition) is 0. The van der Waals surface area contributed by atoms with Gasteiger partial charge in [-0.15, -0.1) is 0 Å². The van der Waals surface area contributed by atoms with Crippen molar-refractivity contribution in [3.05, 3.63) is 18.7 Å². The van der Waals surface area contributed by atoms with Gasteiger partial charge in [0, 0.05) is 6.20 Å². The molecule has 0 bridgehead atoms. The van der Waals surface area contributed by atoms with Crippen LogP contribution in [0, 0.1) is 5.92 Å². The summed E-state index contributed by atoms with van der Waals surface area (Å²) in [4.78, 5) is 8.24. The van der Waals surface area contributed by atoms with Crippen LogP contribution in [0.4, 0.5) is 0 Å². The fourth-order valence-corrected chi connectivity index (χ4v) is 1.90. The van der Waals surface area contributed by atoms with Crippen molar-refractivity contribution in [3.8, 4) is 0 Å². The number of rotatable bonds is 3. The third kappa shape index (κ3) is 1.98. The van der Waals surface area contributed by atoms with Gasteiger partial charge in [0.2, 0.25) is 0 Å². The van der Waals surface area contributed by atoms with E-state index in [-0.39, 0.29) is 0 Å². The summed E-state index contributed by atoms with van der Waals surface area (Å²) in [6.07, 6.45) is 6.31. The van der Waals surface area contributed by atoms with E-state index in [2.05, 4.69) is 35.8 Å². The first-order valence-corrected chi connectivity index (χ1v) is 5.31. The lowest BCUT2D eigenvalue weighted by atomic mass is 10.1. The molecule has 0 aliphatic carbocycles. The number of hydrogen-bond acceptors (Lipinski definition) is 3. The summed E-state index contributed by atoms with van der Waals surface area (Å²) in [6.45, 7) is 6.61. The highest BCUT2D eigenvalue weighted by Crippen LogP contribution is 2.20. The van der Waals surface area contributed by atoms with Gasteiger partial charge >= 0.3 is 0 Å². The zero-order chi connectivity index (χ0) is 10.8. The third-order valence-electron chi connectivity index (χ3n) is 2.49. The van der Waals surface area contributed by atoms with Gasteiger partial charge in [-0.25, -0.2) is 14.6 Å². The van der Waals surface area contributed by atoms with Crippen molar-refractivity contribution in [2.24, 2.45) is 5.92 Å². The molecule has 0 spiro atoms.